The minimum absolute atomic E-state index is 0.504. The van der Waals surface area contributed by atoms with Crippen LogP contribution < -0.4 is 15.3 Å². The molecule has 0 amide bonds. The Balaban J connectivity index is 1.95. The van der Waals surface area contributed by atoms with E-state index in [1.807, 2.05) is 0 Å². The van der Waals surface area contributed by atoms with Crippen molar-refractivity contribution in [2.75, 3.05) is 6.54 Å². The third kappa shape index (κ3) is 1.44. The van der Waals surface area contributed by atoms with E-state index >= 15 is 0 Å². The lowest BCUT2D eigenvalue weighted by atomic mass is 9.91. The maximum atomic E-state index is 2.43. The molecule has 2 aliphatic heterocycles. The molecule has 2 heterocycles. The highest BCUT2D eigenvalue weighted by Crippen LogP contribution is 2.20. The monoisotopic (exact) mass is 234 g/mol. The average molecular weight is 234 g/mol. The summed E-state index contributed by atoms with van der Waals surface area (Å²) in [5, 5.41) is 2.76. The molecule has 1 N–H and O–H groups in total. The fourth-order valence-corrected chi connectivity index (χ4v) is 3.23. The summed E-state index contributed by atoms with van der Waals surface area (Å²) < 4.78 is 0. The van der Waals surface area contributed by atoms with Crippen molar-refractivity contribution >= 4 is 12.3 Å². The van der Waals surface area contributed by atoms with Gasteiger partial charge in [0.2, 0.25) is 0 Å². The third-order valence-electron chi connectivity index (χ3n) is 4.16. The van der Waals surface area contributed by atoms with Crippen LogP contribution in [0.15, 0.2) is 48.5 Å². The van der Waals surface area contributed by atoms with Crippen LogP contribution in [0.1, 0.15) is 17.2 Å². The van der Waals surface area contributed by atoms with Gasteiger partial charge in [0.25, 0.3) is 0 Å². The van der Waals surface area contributed by atoms with Crippen LogP contribution in [-0.2, 0) is 6.42 Å². The van der Waals surface area contributed by atoms with Crippen molar-refractivity contribution in [1.29, 1.82) is 0 Å². The Kier molecular flexibility index (Phi) is 2.14. The van der Waals surface area contributed by atoms with E-state index in [1.165, 1.54) is 34.5 Å². The van der Waals surface area contributed by atoms with Crippen molar-refractivity contribution in [3.8, 4) is 0 Å². The van der Waals surface area contributed by atoms with Gasteiger partial charge in [-0.05, 0) is 22.9 Å². The molecule has 0 saturated carbocycles. The molecule has 2 aromatic rings. The molecule has 0 aliphatic carbocycles. The van der Waals surface area contributed by atoms with Crippen molar-refractivity contribution in [2.45, 2.75) is 12.5 Å². The van der Waals surface area contributed by atoms with Gasteiger partial charge in [-0.15, -0.1) is 0 Å². The topological polar surface area (TPSA) is 4.44 Å². The summed E-state index contributed by atoms with van der Waals surface area (Å²) in [6, 6.07) is 18.1. The Morgan fingerprint density at radius 1 is 0.889 bits per heavy atom. The Labute approximate surface area is 107 Å². The molecular formula is C17H16N+. The van der Waals surface area contributed by atoms with E-state index < -0.39 is 0 Å². The van der Waals surface area contributed by atoms with Crippen LogP contribution in [0, 0.1) is 0 Å². The Morgan fingerprint density at radius 2 is 1.67 bits per heavy atom. The first kappa shape index (κ1) is 10.1. The molecule has 88 valence electrons. The van der Waals surface area contributed by atoms with Crippen LogP contribution >= 0.6 is 0 Å². The maximum absolute atomic E-state index is 2.43. The number of hydrogen-bond acceptors (Lipinski definition) is 0. The smallest absolute Gasteiger partial charge is 0.137 e. The second-order valence-electron chi connectivity index (χ2n) is 5.19. The molecule has 0 bridgehead atoms. The molecule has 18 heavy (non-hydrogen) atoms. The van der Waals surface area contributed by atoms with Crippen LogP contribution in [0.4, 0.5) is 0 Å². The minimum Gasteiger partial charge on any atom is -0.298 e. The molecule has 0 radical (unpaired) electrons. The summed E-state index contributed by atoms with van der Waals surface area (Å²) in [4.78, 5) is 1.58. The van der Waals surface area contributed by atoms with E-state index in [0.717, 1.165) is 0 Å². The van der Waals surface area contributed by atoms with Gasteiger partial charge in [-0.1, -0.05) is 42.5 Å². The van der Waals surface area contributed by atoms with Crippen LogP contribution in [0.2, 0.25) is 0 Å². The highest BCUT2D eigenvalue weighted by atomic mass is 15.1. The first-order valence-electron chi connectivity index (χ1n) is 6.64. The molecule has 2 aromatic carbocycles. The first-order valence-corrected chi connectivity index (χ1v) is 6.64. The maximum Gasteiger partial charge on any atom is 0.137 e. The van der Waals surface area contributed by atoms with Gasteiger partial charge >= 0.3 is 0 Å². The lowest BCUT2D eigenvalue weighted by Gasteiger charge is -2.31. The second-order valence-corrected chi connectivity index (χ2v) is 5.19. The normalized spacial score (nSPS) is 24.0. The Morgan fingerprint density at radius 3 is 2.61 bits per heavy atom. The molecule has 0 saturated heterocycles. The van der Waals surface area contributed by atoms with Gasteiger partial charge in [0.1, 0.15) is 12.2 Å². The molecule has 0 aromatic heterocycles. The Bertz CT molecular complexity index is 714. The lowest BCUT2D eigenvalue weighted by molar-refractivity contribution is -0.844. The second kappa shape index (κ2) is 3.82. The molecule has 2 atom stereocenters. The highest BCUT2D eigenvalue weighted by molar-refractivity contribution is 5.45. The van der Waals surface area contributed by atoms with Crippen LogP contribution in [-0.4, -0.2) is 6.54 Å². The molecular weight excluding hydrogens is 218 g/mol. The number of nitrogens with one attached hydrogen (secondary N) is 1. The largest absolute Gasteiger partial charge is 0.298 e. The van der Waals surface area contributed by atoms with E-state index in [2.05, 4.69) is 60.8 Å². The fourth-order valence-electron chi connectivity index (χ4n) is 3.23. The van der Waals surface area contributed by atoms with Gasteiger partial charge in [-0.25, -0.2) is 0 Å². The summed E-state index contributed by atoms with van der Waals surface area (Å²) in [7, 11) is 0. The van der Waals surface area contributed by atoms with E-state index in [9.17, 15) is 0 Å². The van der Waals surface area contributed by atoms with Crippen LogP contribution in [0.5, 0.6) is 0 Å². The lowest BCUT2D eigenvalue weighted by Crippen LogP contribution is -3.09. The van der Waals surface area contributed by atoms with Gasteiger partial charge < -0.3 is 0 Å². The van der Waals surface area contributed by atoms with E-state index in [0.29, 0.717) is 6.04 Å². The van der Waals surface area contributed by atoms with Crippen LogP contribution in [0.25, 0.3) is 12.3 Å². The van der Waals surface area contributed by atoms with E-state index in [-0.39, 0.29) is 0 Å². The van der Waals surface area contributed by atoms with Gasteiger partial charge in [-0.3, -0.25) is 4.90 Å². The van der Waals surface area contributed by atoms with E-state index in [1.54, 1.807) is 4.90 Å². The summed E-state index contributed by atoms with van der Waals surface area (Å²) in [5.74, 6) is 0. The minimum atomic E-state index is 0.504. The average Bonchev–Trinajstić information content (AvgIpc) is 2.45. The van der Waals surface area contributed by atoms with Gasteiger partial charge in [0.05, 0.1) is 6.54 Å². The van der Waals surface area contributed by atoms with Gasteiger partial charge in [0, 0.05) is 17.2 Å². The number of quaternary nitrogens is 1. The van der Waals surface area contributed by atoms with Crippen molar-refractivity contribution < 1.29 is 4.90 Å². The Hall–Kier alpha value is -1.86. The summed E-state index contributed by atoms with van der Waals surface area (Å²) in [6.45, 7) is 1.20. The number of fused-ring (bicyclic) bond motifs is 4. The number of rotatable bonds is 0. The molecule has 1 heteroatoms. The molecule has 0 fully saturated rings. The molecule has 2 aliphatic rings. The summed E-state index contributed by atoms with van der Waals surface area (Å²) in [5.41, 5.74) is 3.03. The zero-order valence-corrected chi connectivity index (χ0v) is 10.3. The summed E-state index contributed by atoms with van der Waals surface area (Å²) in [6.07, 6.45) is 6.02. The van der Waals surface area contributed by atoms with Crippen molar-refractivity contribution in [1.82, 2.24) is 0 Å². The predicted octanol–water partition coefficient (Wildman–Crippen LogP) is 0.401. The molecule has 1 nitrogen and oxygen atoms in total. The van der Waals surface area contributed by atoms with Crippen molar-refractivity contribution in [2.24, 2.45) is 0 Å². The SMILES string of the molecule is C1=c2ccccc2=C[NH+]2CCc3ccccc3C12. The third-order valence-corrected chi connectivity index (χ3v) is 4.16. The van der Waals surface area contributed by atoms with Crippen molar-refractivity contribution in [3.05, 3.63) is 70.1 Å². The van der Waals surface area contributed by atoms with E-state index in [4.69, 9.17) is 0 Å². The molecule has 0 spiro atoms. The quantitative estimate of drug-likeness (QED) is 0.673. The summed E-state index contributed by atoms with van der Waals surface area (Å²) >= 11 is 0. The molecule has 2 unspecified atom stereocenters. The fraction of sp³-hybridized carbons (Fsp3) is 0.176. The van der Waals surface area contributed by atoms with Crippen LogP contribution in [0.3, 0.4) is 0 Å². The number of benzene rings is 2. The number of hydrogen-bond donors (Lipinski definition) is 1. The zero-order chi connectivity index (χ0) is 11.9. The van der Waals surface area contributed by atoms with Gasteiger partial charge in [0.15, 0.2) is 0 Å². The standard InChI is InChI=1S/C17H15N/c1-2-7-15-12-18-10-9-13-5-3-4-8-16(13)17(18)11-14(15)6-1/h1-8,11-12,17H,9-10H2/p+1. The molecule has 4 rings (SSSR count). The van der Waals surface area contributed by atoms with Crippen molar-refractivity contribution in [3.63, 3.8) is 0 Å². The predicted molar refractivity (Wildman–Crippen MR) is 73.3 cm³/mol. The first-order chi connectivity index (χ1) is 8.92. The highest BCUT2D eigenvalue weighted by Gasteiger charge is 2.29. The van der Waals surface area contributed by atoms with Gasteiger partial charge in [-0.2, -0.15) is 0 Å². The zero-order valence-electron chi connectivity index (χ0n) is 10.3.